The van der Waals surface area contributed by atoms with Gasteiger partial charge in [-0.3, -0.25) is 9.48 Å². The summed E-state index contributed by atoms with van der Waals surface area (Å²) in [4.78, 5) is 13.0. The second-order valence-corrected chi connectivity index (χ2v) is 5.02. The first kappa shape index (κ1) is 16.1. The molecule has 0 bridgehead atoms. The fraction of sp³-hybridized carbons (Fsp3) is 0.333. The maximum Gasteiger partial charge on any atom is 0.406 e. The van der Waals surface area contributed by atoms with Crippen molar-refractivity contribution < 1.29 is 18.0 Å². The minimum Gasteiger partial charge on any atom is -0.302 e. The number of hydrogen-bond donors (Lipinski definition) is 0. The number of aromatic nitrogens is 2. The minimum atomic E-state index is -4.47. The van der Waals surface area contributed by atoms with Crippen molar-refractivity contribution in [2.75, 3.05) is 11.4 Å². The molecule has 2 rings (SSSR count). The van der Waals surface area contributed by atoms with Crippen LogP contribution in [0.15, 0.2) is 36.4 Å². The van der Waals surface area contributed by atoms with Gasteiger partial charge in [-0.25, -0.2) is 0 Å². The smallest absolute Gasteiger partial charge is 0.302 e. The van der Waals surface area contributed by atoms with Crippen molar-refractivity contribution >= 4 is 11.6 Å². The number of amides is 1. The van der Waals surface area contributed by atoms with Crippen LogP contribution in [0.5, 0.6) is 0 Å². The fourth-order valence-electron chi connectivity index (χ4n) is 2.16. The van der Waals surface area contributed by atoms with E-state index in [1.165, 1.54) is 16.8 Å². The third-order valence-electron chi connectivity index (χ3n) is 3.09. The zero-order valence-corrected chi connectivity index (χ0v) is 12.3. The van der Waals surface area contributed by atoms with Crippen molar-refractivity contribution in [2.45, 2.75) is 26.6 Å². The molecule has 0 unspecified atom stereocenters. The Hall–Kier alpha value is -2.31. The van der Waals surface area contributed by atoms with E-state index < -0.39 is 18.6 Å². The summed E-state index contributed by atoms with van der Waals surface area (Å²) in [5, 5.41) is 4.11. The van der Waals surface area contributed by atoms with Gasteiger partial charge in [0.25, 0.3) is 0 Å². The number of benzene rings is 1. The molecular weight excluding hydrogens is 295 g/mol. The van der Waals surface area contributed by atoms with Crippen LogP contribution < -0.4 is 4.90 Å². The number of carbonyl (C=O) groups is 1. The topological polar surface area (TPSA) is 38.1 Å². The van der Waals surface area contributed by atoms with E-state index in [-0.39, 0.29) is 12.2 Å². The summed E-state index contributed by atoms with van der Waals surface area (Å²) < 4.78 is 39.7. The zero-order valence-electron chi connectivity index (χ0n) is 12.3. The van der Waals surface area contributed by atoms with Gasteiger partial charge in [-0.15, -0.1) is 0 Å². The van der Waals surface area contributed by atoms with Gasteiger partial charge in [0, 0.05) is 11.4 Å². The monoisotopic (exact) mass is 311 g/mol. The van der Waals surface area contributed by atoms with Crippen molar-refractivity contribution in [3.8, 4) is 0 Å². The Balaban J connectivity index is 2.25. The summed E-state index contributed by atoms with van der Waals surface area (Å²) in [7, 11) is 0. The molecule has 22 heavy (non-hydrogen) atoms. The maximum atomic E-state index is 12.8. The largest absolute Gasteiger partial charge is 0.406 e. The minimum absolute atomic E-state index is 0.214. The molecular formula is C15H16F3N3O. The van der Waals surface area contributed by atoms with E-state index in [1.54, 1.807) is 38.1 Å². The number of anilines is 1. The van der Waals surface area contributed by atoms with E-state index >= 15 is 0 Å². The quantitative estimate of drug-likeness (QED) is 0.870. The van der Waals surface area contributed by atoms with Crippen molar-refractivity contribution in [3.63, 3.8) is 0 Å². The lowest BCUT2D eigenvalue weighted by molar-refractivity contribution is -0.132. The highest BCUT2D eigenvalue weighted by molar-refractivity contribution is 5.93. The van der Waals surface area contributed by atoms with Gasteiger partial charge in [0.1, 0.15) is 13.1 Å². The van der Waals surface area contributed by atoms with Gasteiger partial charge in [-0.1, -0.05) is 18.2 Å². The highest BCUT2D eigenvalue weighted by Gasteiger charge is 2.34. The molecule has 0 saturated heterocycles. The number of aryl methyl sites for hydroxylation is 2. The lowest BCUT2D eigenvalue weighted by Crippen LogP contribution is -2.41. The fourth-order valence-corrected chi connectivity index (χ4v) is 2.16. The first-order valence-electron chi connectivity index (χ1n) is 6.69. The van der Waals surface area contributed by atoms with Crippen LogP contribution in [0, 0.1) is 13.8 Å². The number of hydrogen-bond acceptors (Lipinski definition) is 2. The van der Waals surface area contributed by atoms with E-state index in [1.807, 2.05) is 0 Å². The summed E-state index contributed by atoms with van der Waals surface area (Å²) in [6.07, 6.45) is -4.47. The number of carbonyl (C=O) groups excluding carboxylic acids is 1. The van der Waals surface area contributed by atoms with Crippen molar-refractivity contribution in [2.24, 2.45) is 0 Å². The molecule has 0 saturated carbocycles. The van der Waals surface area contributed by atoms with Crippen molar-refractivity contribution in [1.82, 2.24) is 9.78 Å². The average Bonchev–Trinajstić information content (AvgIpc) is 2.74. The number of rotatable bonds is 4. The molecule has 118 valence electrons. The molecule has 1 aromatic heterocycles. The molecule has 0 fully saturated rings. The van der Waals surface area contributed by atoms with Gasteiger partial charge >= 0.3 is 6.18 Å². The van der Waals surface area contributed by atoms with Crippen molar-refractivity contribution in [1.29, 1.82) is 0 Å². The molecule has 1 heterocycles. The average molecular weight is 311 g/mol. The van der Waals surface area contributed by atoms with E-state index in [4.69, 9.17) is 0 Å². The van der Waals surface area contributed by atoms with Gasteiger partial charge in [0.2, 0.25) is 5.91 Å². The Kier molecular flexibility index (Phi) is 4.54. The van der Waals surface area contributed by atoms with Crippen LogP contribution in [0.2, 0.25) is 0 Å². The summed E-state index contributed by atoms with van der Waals surface area (Å²) in [5.41, 5.74) is 1.66. The normalized spacial score (nSPS) is 11.5. The summed E-state index contributed by atoms with van der Waals surface area (Å²) in [6, 6.07) is 9.59. The van der Waals surface area contributed by atoms with E-state index in [0.717, 1.165) is 10.6 Å². The van der Waals surface area contributed by atoms with E-state index in [9.17, 15) is 18.0 Å². The molecule has 1 amide bonds. The van der Waals surface area contributed by atoms with Crippen molar-refractivity contribution in [3.05, 3.63) is 47.8 Å². The number of halogens is 3. The Morgan fingerprint density at radius 2 is 1.86 bits per heavy atom. The third-order valence-corrected chi connectivity index (χ3v) is 3.09. The first-order valence-corrected chi connectivity index (χ1v) is 6.69. The highest BCUT2D eigenvalue weighted by Crippen LogP contribution is 2.22. The highest BCUT2D eigenvalue weighted by atomic mass is 19.4. The molecule has 0 radical (unpaired) electrons. The molecule has 0 spiro atoms. The first-order chi connectivity index (χ1) is 10.3. The van der Waals surface area contributed by atoms with Crippen LogP contribution in [0.1, 0.15) is 11.4 Å². The molecule has 2 aromatic rings. The number of nitrogens with zero attached hydrogens (tertiary/aromatic N) is 3. The molecule has 7 heteroatoms. The van der Waals surface area contributed by atoms with Crippen LogP contribution in [-0.4, -0.2) is 28.4 Å². The molecule has 0 atom stereocenters. The predicted molar refractivity (Wildman–Crippen MR) is 76.6 cm³/mol. The molecule has 4 nitrogen and oxygen atoms in total. The van der Waals surface area contributed by atoms with E-state index in [2.05, 4.69) is 5.10 Å². The summed E-state index contributed by atoms with van der Waals surface area (Å²) >= 11 is 0. The van der Waals surface area contributed by atoms with Gasteiger partial charge in [0.05, 0.1) is 5.69 Å². The van der Waals surface area contributed by atoms with Crippen LogP contribution in [-0.2, 0) is 11.3 Å². The SMILES string of the molecule is Cc1cc(C)n(CC(=O)N(CC(F)(F)F)c2ccccc2)n1. The standard InChI is InChI=1S/C15H16F3N3O/c1-11-8-12(2)21(19-11)9-14(22)20(10-15(16,17)18)13-6-4-3-5-7-13/h3-8H,9-10H2,1-2H3. The Morgan fingerprint density at radius 1 is 1.23 bits per heavy atom. The summed E-state index contributed by atoms with van der Waals surface area (Å²) in [5.74, 6) is -0.658. The van der Waals surface area contributed by atoms with Gasteiger partial charge in [-0.05, 0) is 32.0 Å². The van der Waals surface area contributed by atoms with Crippen LogP contribution in [0.4, 0.5) is 18.9 Å². The van der Waals surface area contributed by atoms with Crippen LogP contribution in [0.25, 0.3) is 0 Å². The summed E-state index contributed by atoms with van der Waals surface area (Å²) in [6.45, 7) is 1.96. The van der Waals surface area contributed by atoms with E-state index in [0.29, 0.717) is 5.69 Å². The Labute approximate surface area is 126 Å². The molecule has 0 aliphatic rings. The lowest BCUT2D eigenvalue weighted by atomic mass is 10.2. The zero-order chi connectivity index (χ0) is 16.3. The molecule has 0 aliphatic heterocycles. The molecule has 0 aliphatic carbocycles. The van der Waals surface area contributed by atoms with Gasteiger partial charge in [-0.2, -0.15) is 18.3 Å². The molecule has 0 N–H and O–H groups in total. The third kappa shape index (κ3) is 4.09. The number of alkyl halides is 3. The van der Waals surface area contributed by atoms with Crippen LogP contribution >= 0.6 is 0 Å². The molecule has 1 aromatic carbocycles. The Bertz CT molecular complexity index is 650. The Morgan fingerprint density at radius 3 is 2.36 bits per heavy atom. The second kappa shape index (κ2) is 6.21. The lowest BCUT2D eigenvalue weighted by Gasteiger charge is -2.24. The second-order valence-electron chi connectivity index (χ2n) is 5.02. The number of para-hydroxylation sites is 1. The van der Waals surface area contributed by atoms with Crippen LogP contribution in [0.3, 0.4) is 0 Å². The van der Waals surface area contributed by atoms with Gasteiger partial charge in [0.15, 0.2) is 0 Å². The van der Waals surface area contributed by atoms with Gasteiger partial charge < -0.3 is 4.90 Å². The predicted octanol–water partition coefficient (Wildman–Crippen LogP) is 3.10. The maximum absolute atomic E-state index is 12.8.